The van der Waals surface area contributed by atoms with Crippen LogP contribution < -0.4 is 5.32 Å². The van der Waals surface area contributed by atoms with E-state index in [-0.39, 0.29) is 11.9 Å². The first-order valence-corrected chi connectivity index (χ1v) is 4.79. The Morgan fingerprint density at radius 3 is 2.54 bits per heavy atom. The monoisotopic (exact) mass is 182 g/mol. The van der Waals surface area contributed by atoms with Crippen LogP contribution in [0.15, 0.2) is 0 Å². The molecule has 0 bridgehead atoms. The zero-order chi connectivity index (χ0) is 10.3. The molecule has 74 valence electrons. The number of nitriles is 1. The van der Waals surface area contributed by atoms with Crippen molar-refractivity contribution in [1.29, 1.82) is 5.26 Å². The molecule has 0 saturated carbocycles. The Bertz CT molecular complexity index is 194. The highest BCUT2D eigenvalue weighted by molar-refractivity contribution is 5.76. The lowest BCUT2D eigenvalue weighted by molar-refractivity contribution is -0.122. The van der Waals surface area contributed by atoms with Gasteiger partial charge >= 0.3 is 0 Å². The van der Waals surface area contributed by atoms with Gasteiger partial charge in [-0.2, -0.15) is 5.26 Å². The smallest absolute Gasteiger partial charge is 0.221 e. The molecule has 1 unspecified atom stereocenters. The molecule has 1 N–H and O–H groups in total. The summed E-state index contributed by atoms with van der Waals surface area (Å²) in [6, 6.07) is 1.77. The normalized spacial score (nSPS) is 12.2. The summed E-state index contributed by atoms with van der Waals surface area (Å²) in [4.78, 5) is 11.2. The van der Waals surface area contributed by atoms with Crippen LogP contribution >= 0.6 is 0 Å². The fourth-order valence-corrected chi connectivity index (χ4v) is 1.08. The number of rotatable bonds is 5. The van der Waals surface area contributed by atoms with Crippen LogP contribution in [0.2, 0.25) is 0 Å². The molecule has 0 aromatic rings. The summed E-state index contributed by atoms with van der Waals surface area (Å²) < 4.78 is 0. The Balaban J connectivity index is 3.81. The van der Waals surface area contributed by atoms with Gasteiger partial charge in [-0.25, -0.2) is 0 Å². The topological polar surface area (TPSA) is 52.9 Å². The molecule has 1 amide bonds. The lowest BCUT2D eigenvalue weighted by Crippen LogP contribution is -2.34. The first-order chi connectivity index (χ1) is 6.10. The minimum atomic E-state index is -0.309. The highest BCUT2D eigenvalue weighted by atomic mass is 16.1. The zero-order valence-corrected chi connectivity index (χ0v) is 8.63. The molecule has 0 rings (SSSR count). The lowest BCUT2D eigenvalue weighted by atomic mass is 10.1. The Hall–Kier alpha value is -1.04. The number of nitrogens with one attached hydrogen (secondary N) is 1. The standard InChI is InChI=1S/C10H18N2O/c1-4-5-9(7-11)12-10(13)6-8(2)3/h8-9H,4-6H2,1-3H3,(H,12,13). The highest BCUT2D eigenvalue weighted by Gasteiger charge is 2.10. The van der Waals surface area contributed by atoms with Crippen LogP contribution in [0.1, 0.15) is 40.0 Å². The van der Waals surface area contributed by atoms with Crippen molar-refractivity contribution in [3.8, 4) is 6.07 Å². The lowest BCUT2D eigenvalue weighted by Gasteiger charge is -2.11. The SMILES string of the molecule is CCCC(C#N)NC(=O)CC(C)C. The molecule has 0 aliphatic carbocycles. The molecule has 0 fully saturated rings. The second-order valence-corrected chi connectivity index (χ2v) is 3.64. The summed E-state index contributed by atoms with van der Waals surface area (Å²) in [7, 11) is 0. The summed E-state index contributed by atoms with van der Waals surface area (Å²) in [5.74, 6) is 0.330. The predicted molar refractivity (Wildman–Crippen MR) is 51.9 cm³/mol. The van der Waals surface area contributed by atoms with E-state index in [4.69, 9.17) is 5.26 Å². The molecular weight excluding hydrogens is 164 g/mol. The van der Waals surface area contributed by atoms with Gasteiger partial charge in [0, 0.05) is 6.42 Å². The van der Waals surface area contributed by atoms with E-state index >= 15 is 0 Å². The van der Waals surface area contributed by atoms with Gasteiger partial charge in [0.1, 0.15) is 6.04 Å². The maximum Gasteiger partial charge on any atom is 0.221 e. The average Bonchev–Trinajstić information content (AvgIpc) is 2.02. The summed E-state index contributed by atoms with van der Waals surface area (Å²) >= 11 is 0. The van der Waals surface area contributed by atoms with Crippen molar-refractivity contribution in [2.45, 2.75) is 46.1 Å². The van der Waals surface area contributed by atoms with Crippen LogP contribution in [0.25, 0.3) is 0 Å². The van der Waals surface area contributed by atoms with E-state index < -0.39 is 0 Å². The van der Waals surface area contributed by atoms with E-state index in [1.54, 1.807) is 0 Å². The third-order valence-corrected chi connectivity index (χ3v) is 1.66. The van der Waals surface area contributed by atoms with Gasteiger partial charge < -0.3 is 5.32 Å². The number of nitrogens with zero attached hydrogens (tertiary/aromatic N) is 1. The molecule has 13 heavy (non-hydrogen) atoms. The van der Waals surface area contributed by atoms with Gasteiger partial charge in [-0.3, -0.25) is 4.79 Å². The first-order valence-electron chi connectivity index (χ1n) is 4.79. The second kappa shape index (κ2) is 6.47. The van der Waals surface area contributed by atoms with E-state index in [2.05, 4.69) is 11.4 Å². The van der Waals surface area contributed by atoms with Crippen molar-refractivity contribution in [3.63, 3.8) is 0 Å². The van der Waals surface area contributed by atoms with E-state index in [0.29, 0.717) is 12.3 Å². The van der Waals surface area contributed by atoms with Gasteiger partial charge in [0.25, 0.3) is 0 Å². The molecule has 0 aromatic carbocycles. The maximum atomic E-state index is 11.2. The molecule has 3 nitrogen and oxygen atoms in total. The second-order valence-electron chi connectivity index (χ2n) is 3.64. The highest BCUT2D eigenvalue weighted by Crippen LogP contribution is 2.01. The van der Waals surface area contributed by atoms with Gasteiger partial charge in [0.05, 0.1) is 6.07 Å². The summed E-state index contributed by atoms with van der Waals surface area (Å²) in [6.45, 7) is 5.97. The van der Waals surface area contributed by atoms with Crippen molar-refractivity contribution in [2.24, 2.45) is 5.92 Å². The molecule has 0 heterocycles. The third-order valence-electron chi connectivity index (χ3n) is 1.66. The number of carbonyl (C=O) groups is 1. The number of hydrogen-bond acceptors (Lipinski definition) is 2. The van der Waals surface area contributed by atoms with Gasteiger partial charge in [-0.1, -0.05) is 27.2 Å². The van der Waals surface area contributed by atoms with E-state index in [0.717, 1.165) is 12.8 Å². The minimum absolute atomic E-state index is 0.0185. The Morgan fingerprint density at radius 1 is 1.54 bits per heavy atom. The fraction of sp³-hybridized carbons (Fsp3) is 0.800. The zero-order valence-electron chi connectivity index (χ0n) is 8.63. The number of carbonyl (C=O) groups excluding carboxylic acids is 1. The fourth-order valence-electron chi connectivity index (χ4n) is 1.08. The molecule has 0 aliphatic heterocycles. The largest absolute Gasteiger partial charge is 0.340 e. The molecule has 0 aliphatic rings. The van der Waals surface area contributed by atoms with Crippen molar-refractivity contribution in [1.82, 2.24) is 5.32 Å². The third kappa shape index (κ3) is 6.15. The molecule has 0 aromatic heterocycles. The van der Waals surface area contributed by atoms with E-state index in [1.165, 1.54) is 0 Å². The van der Waals surface area contributed by atoms with Crippen molar-refractivity contribution in [2.75, 3.05) is 0 Å². The molecular formula is C10H18N2O. The van der Waals surface area contributed by atoms with Gasteiger partial charge in [-0.15, -0.1) is 0 Å². The Kier molecular flexibility index (Phi) is 5.96. The number of amides is 1. The molecule has 3 heteroatoms. The van der Waals surface area contributed by atoms with Crippen LogP contribution in [-0.2, 0) is 4.79 Å². The van der Waals surface area contributed by atoms with Gasteiger partial charge in [-0.05, 0) is 12.3 Å². The summed E-state index contributed by atoms with van der Waals surface area (Å²) in [5.41, 5.74) is 0. The van der Waals surface area contributed by atoms with Crippen LogP contribution in [0.5, 0.6) is 0 Å². The molecule has 0 spiro atoms. The van der Waals surface area contributed by atoms with E-state index in [9.17, 15) is 4.79 Å². The van der Waals surface area contributed by atoms with Crippen LogP contribution in [0.3, 0.4) is 0 Å². The van der Waals surface area contributed by atoms with Gasteiger partial charge in [0.15, 0.2) is 0 Å². The predicted octanol–water partition coefficient (Wildman–Crippen LogP) is 1.84. The first kappa shape index (κ1) is 12.0. The molecule has 0 radical (unpaired) electrons. The Morgan fingerprint density at radius 2 is 2.15 bits per heavy atom. The van der Waals surface area contributed by atoms with E-state index in [1.807, 2.05) is 20.8 Å². The van der Waals surface area contributed by atoms with Crippen LogP contribution in [0, 0.1) is 17.2 Å². The van der Waals surface area contributed by atoms with Crippen LogP contribution in [-0.4, -0.2) is 11.9 Å². The summed E-state index contributed by atoms with van der Waals surface area (Å²) in [6.07, 6.45) is 2.16. The molecule has 0 saturated heterocycles. The minimum Gasteiger partial charge on any atom is -0.340 e. The summed E-state index contributed by atoms with van der Waals surface area (Å²) in [5, 5.41) is 11.4. The van der Waals surface area contributed by atoms with Gasteiger partial charge in [0.2, 0.25) is 5.91 Å². The Labute approximate surface area is 80.1 Å². The van der Waals surface area contributed by atoms with Crippen molar-refractivity contribution < 1.29 is 4.79 Å². The van der Waals surface area contributed by atoms with Crippen molar-refractivity contribution >= 4 is 5.91 Å². The van der Waals surface area contributed by atoms with Crippen molar-refractivity contribution in [3.05, 3.63) is 0 Å². The average molecular weight is 182 g/mol. The quantitative estimate of drug-likeness (QED) is 0.705. The molecule has 1 atom stereocenters. The number of hydrogen-bond donors (Lipinski definition) is 1. The van der Waals surface area contributed by atoms with Crippen LogP contribution in [0.4, 0.5) is 0 Å². The maximum absolute atomic E-state index is 11.2.